The zero-order valence-electron chi connectivity index (χ0n) is 11.9. The average molecular weight is 268 g/mol. The number of benzene rings is 2. The number of anilines is 2. The molecule has 0 atom stereocenters. The van der Waals surface area contributed by atoms with Crippen molar-refractivity contribution in [3.8, 4) is 6.07 Å². The lowest BCUT2D eigenvalue weighted by Crippen LogP contribution is -2.13. The number of rotatable bonds is 2. The van der Waals surface area contributed by atoms with Crippen molar-refractivity contribution in [3.63, 3.8) is 0 Å². The summed E-state index contributed by atoms with van der Waals surface area (Å²) in [5.74, 6) is -0.423. The Morgan fingerprint density at radius 3 is 2.35 bits per heavy atom. The third kappa shape index (κ3) is 2.97. The first-order valence-electron chi connectivity index (χ1n) is 6.48. The third-order valence-corrected chi connectivity index (χ3v) is 3.10. The molecular weight excluding hydrogens is 251 g/mol. The fourth-order valence-corrected chi connectivity index (χ4v) is 2.08. The van der Waals surface area contributed by atoms with Crippen LogP contribution in [0.3, 0.4) is 0 Å². The monoisotopic (exact) mass is 268 g/mol. The van der Waals surface area contributed by atoms with Gasteiger partial charge in [-0.1, -0.05) is 39.0 Å². The zero-order chi connectivity index (χ0) is 14.8. The van der Waals surface area contributed by atoms with Crippen LogP contribution in [-0.2, 0) is 5.41 Å². The third-order valence-electron chi connectivity index (χ3n) is 3.10. The summed E-state index contributed by atoms with van der Waals surface area (Å²) < 4.78 is 13.9. The van der Waals surface area contributed by atoms with Gasteiger partial charge in [-0.3, -0.25) is 0 Å². The van der Waals surface area contributed by atoms with Gasteiger partial charge in [0.1, 0.15) is 5.82 Å². The van der Waals surface area contributed by atoms with E-state index >= 15 is 0 Å². The molecule has 0 fully saturated rings. The van der Waals surface area contributed by atoms with Gasteiger partial charge in [0.25, 0.3) is 0 Å². The first-order chi connectivity index (χ1) is 9.41. The van der Waals surface area contributed by atoms with E-state index in [2.05, 4.69) is 26.1 Å². The van der Waals surface area contributed by atoms with Gasteiger partial charge in [-0.15, -0.1) is 0 Å². The predicted molar refractivity (Wildman–Crippen MR) is 79.5 cm³/mol. The molecule has 3 heteroatoms. The summed E-state index contributed by atoms with van der Waals surface area (Å²) in [6, 6.07) is 14.2. The van der Waals surface area contributed by atoms with Crippen molar-refractivity contribution < 1.29 is 4.39 Å². The Balaban J connectivity index is 2.39. The van der Waals surface area contributed by atoms with Crippen molar-refractivity contribution >= 4 is 11.4 Å². The molecule has 20 heavy (non-hydrogen) atoms. The second-order valence-electron chi connectivity index (χ2n) is 5.73. The number of nitrogens with one attached hydrogen (secondary N) is 1. The Kier molecular flexibility index (Phi) is 3.76. The van der Waals surface area contributed by atoms with Gasteiger partial charge in [-0.05, 0) is 35.2 Å². The first kappa shape index (κ1) is 14.1. The van der Waals surface area contributed by atoms with Crippen LogP contribution in [0.1, 0.15) is 31.9 Å². The highest BCUT2D eigenvalue weighted by molar-refractivity contribution is 5.65. The van der Waals surface area contributed by atoms with Crippen LogP contribution in [0.25, 0.3) is 0 Å². The fraction of sp³-hybridized carbons (Fsp3) is 0.235. The van der Waals surface area contributed by atoms with E-state index in [1.165, 1.54) is 6.07 Å². The Bertz CT molecular complexity index is 663. The minimum Gasteiger partial charge on any atom is -0.353 e. The molecule has 1 N–H and O–H groups in total. The summed E-state index contributed by atoms with van der Waals surface area (Å²) in [7, 11) is 0. The number of para-hydroxylation sites is 1. The molecule has 2 nitrogen and oxygen atoms in total. The second kappa shape index (κ2) is 5.34. The van der Waals surface area contributed by atoms with Gasteiger partial charge >= 0.3 is 0 Å². The number of nitriles is 1. The van der Waals surface area contributed by atoms with Crippen LogP contribution >= 0.6 is 0 Å². The van der Waals surface area contributed by atoms with Gasteiger partial charge in [-0.2, -0.15) is 5.26 Å². The molecule has 0 aliphatic heterocycles. The summed E-state index contributed by atoms with van der Waals surface area (Å²) in [6.07, 6.45) is 0. The van der Waals surface area contributed by atoms with Crippen LogP contribution in [0, 0.1) is 17.1 Å². The lowest BCUT2D eigenvalue weighted by atomic mass is 9.86. The van der Waals surface area contributed by atoms with Gasteiger partial charge in [0, 0.05) is 5.69 Å². The van der Waals surface area contributed by atoms with Crippen LogP contribution in [0.2, 0.25) is 0 Å². The zero-order valence-corrected chi connectivity index (χ0v) is 11.9. The highest BCUT2D eigenvalue weighted by Crippen LogP contribution is 2.31. The van der Waals surface area contributed by atoms with Gasteiger partial charge in [-0.25, -0.2) is 4.39 Å². The molecule has 0 radical (unpaired) electrons. The average Bonchev–Trinajstić information content (AvgIpc) is 2.40. The van der Waals surface area contributed by atoms with E-state index in [4.69, 9.17) is 5.26 Å². The molecule has 0 bridgehead atoms. The van der Waals surface area contributed by atoms with E-state index < -0.39 is 5.82 Å². The van der Waals surface area contributed by atoms with Crippen molar-refractivity contribution in [1.29, 1.82) is 5.26 Å². The highest BCUT2D eigenvalue weighted by atomic mass is 19.1. The minimum absolute atomic E-state index is 0.0351. The molecule has 0 amide bonds. The van der Waals surface area contributed by atoms with Crippen LogP contribution in [0.15, 0.2) is 42.5 Å². The summed E-state index contributed by atoms with van der Waals surface area (Å²) in [5, 5.41) is 11.9. The maximum absolute atomic E-state index is 13.9. The molecule has 0 saturated heterocycles. The SMILES string of the molecule is CC(C)(C)c1ccccc1Nc1ccc(C#N)cc1F. The summed E-state index contributed by atoms with van der Waals surface area (Å²) in [5.41, 5.74) is 2.65. The van der Waals surface area contributed by atoms with E-state index in [0.29, 0.717) is 11.3 Å². The van der Waals surface area contributed by atoms with Crippen LogP contribution in [-0.4, -0.2) is 0 Å². The Labute approximate surface area is 118 Å². The number of hydrogen-bond acceptors (Lipinski definition) is 2. The van der Waals surface area contributed by atoms with Crippen LogP contribution in [0.4, 0.5) is 15.8 Å². The largest absolute Gasteiger partial charge is 0.353 e. The first-order valence-corrected chi connectivity index (χ1v) is 6.48. The van der Waals surface area contributed by atoms with E-state index in [-0.39, 0.29) is 5.41 Å². The molecule has 0 aliphatic rings. The van der Waals surface area contributed by atoms with Gasteiger partial charge < -0.3 is 5.32 Å². The van der Waals surface area contributed by atoms with Crippen molar-refractivity contribution in [1.82, 2.24) is 0 Å². The summed E-state index contributed by atoms with van der Waals surface area (Å²) in [4.78, 5) is 0. The van der Waals surface area contributed by atoms with E-state index in [1.807, 2.05) is 30.3 Å². The predicted octanol–water partition coefficient (Wildman–Crippen LogP) is 4.74. The number of hydrogen-bond donors (Lipinski definition) is 1. The smallest absolute Gasteiger partial charge is 0.147 e. The maximum Gasteiger partial charge on any atom is 0.147 e. The Morgan fingerprint density at radius 2 is 1.75 bits per heavy atom. The van der Waals surface area contributed by atoms with Crippen molar-refractivity contribution in [3.05, 3.63) is 59.4 Å². The molecule has 0 aliphatic carbocycles. The Morgan fingerprint density at radius 1 is 1.05 bits per heavy atom. The van der Waals surface area contributed by atoms with E-state index in [1.54, 1.807) is 12.1 Å². The quantitative estimate of drug-likeness (QED) is 0.854. The molecule has 0 heterocycles. The van der Waals surface area contributed by atoms with Crippen molar-refractivity contribution in [2.75, 3.05) is 5.32 Å². The molecule has 2 aromatic carbocycles. The molecule has 0 spiro atoms. The lowest BCUT2D eigenvalue weighted by molar-refractivity contribution is 0.592. The molecule has 102 valence electrons. The van der Waals surface area contributed by atoms with Crippen molar-refractivity contribution in [2.24, 2.45) is 0 Å². The van der Waals surface area contributed by atoms with Crippen molar-refractivity contribution in [2.45, 2.75) is 26.2 Å². The number of halogens is 1. The molecule has 0 saturated carbocycles. The molecule has 2 rings (SSSR count). The topological polar surface area (TPSA) is 35.8 Å². The second-order valence-corrected chi connectivity index (χ2v) is 5.73. The van der Waals surface area contributed by atoms with Crippen LogP contribution in [0.5, 0.6) is 0 Å². The van der Waals surface area contributed by atoms with Gasteiger partial charge in [0.2, 0.25) is 0 Å². The van der Waals surface area contributed by atoms with E-state index in [9.17, 15) is 4.39 Å². The minimum atomic E-state index is -0.423. The maximum atomic E-state index is 13.9. The highest BCUT2D eigenvalue weighted by Gasteiger charge is 2.18. The standard InChI is InChI=1S/C17H17FN2/c1-17(2,3)13-6-4-5-7-15(13)20-16-9-8-12(11-19)10-14(16)18/h4-10,20H,1-3H3. The molecule has 2 aromatic rings. The molecule has 0 aromatic heterocycles. The fourth-order valence-electron chi connectivity index (χ4n) is 2.08. The number of nitrogens with zero attached hydrogens (tertiary/aromatic N) is 1. The van der Waals surface area contributed by atoms with E-state index in [0.717, 1.165) is 11.3 Å². The summed E-state index contributed by atoms with van der Waals surface area (Å²) in [6.45, 7) is 6.34. The molecule has 0 unspecified atom stereocenters. The lowest BCUT2D eigenvalue weighted by Gasteiger charge is -2.23. The Hall–Kier alpha value is -2.34. The summed E-state index contributed by atoms with van der Waals surface area (Å²) >= 11 is 0. The van der Waals surface area contributed by atoms with Gasteiger partial charge in [0.15, 0.2) is 0 Å². The van der Waals surface area contributed by atoms with Crippen LogP contribution < -0.4 is 5.32 Å². The van der Waals surface area contributed by atoms with Gasteiger partial charge in [0.05, 0.1) is 17.3 Å². The normalized spacial score (nSPS) is 10.9. The molecular formula is C17H17FN2.